The van der Waals surface area contributed by atoms with Crippen LogP contribution < -0.4 is 10.1 Å². The highest BCUT2D eigenvalue weighted by molar-refractivity contribution is 5.82. The minimum absolute atomic E-state index is 0.0171. The first-order valence-corrected chi connectivity index (χ1v) is 6.25. The number of nitrogens with one attached hydrogen (secondary N) is 1. The van der Waals surface area contributed by atoms with Gasteiger partial charge >= 0.3 is 0 Å². The molecule has 0 radical (unpaired) electrons. The highest BCUT2D eigenvalue weighted by Gasteiger charge is 2.55. The molecule has 1 aromatic rings. The molecule has 4 nitrogen and oxygen atoms in total. The van der Waals surface area contributed by atoms with Crippen LogP contribution in [0.25, 0.3) is 0 Å². The zero-order valence-corrected chi connectivity index (χ0v) is 10.6. The smallest absolute Gasteiger partial charge is 0.152 e. The average molecular weight is 247 g/mol. The van der Waals surface area contributed by atoms with Crippen LogP contribution in [0, 0.1) is 5.92 Å². The molecule has 2 aliphatic rings. The number of methoxy groups -OCH3 is 1. The number of anilines is 1. The van der Waals surface area contributed by atoms with E-state index >= 15 is 0 Å². The lowest BCUT2D eigenvalue weighted by Gasteiger charge is -2.29. The number of fused-ring (bicyclic) bond motifs is 3. The third-order valence-corrected chi connectivity index (χ3v) is 4.27. The summed E-state index contributed by atoms with van der Waals surface area (Å²) in [6.07, 6.45) is 1.56. The van der Waals surface area contributed by atoms with Gasteiger partial charge in [-0.05, 0) is 43.5 Å². The predicted molar refractivity (Wildman–Crippen MR) is 67.7 cm³/mol. The Hall–Kier alpha value is -1.55. The van der Waals surface area contributed by atoms with Gasteiger partial charge in [0.1, 0.15) is 11.5 Å². The monoisotopic (exact) mass is 247 g/mol. The van der Waals surface area contributed by atoms with E-state index < -0.39 is 5.72 Å². The number of carbonyl (C=O) groups excluding carboxylic acids is 1. The van der Waals surface area contributed by atoms with Gasteiger partial charge in [-0.1, -0.05) is 0 Å². The zero-order chi connectivity index (χ0) is 12.9. The SMILES string of the molecule is COc1ccc2c(c1)C1CCC(C(C)=O)C1(O)N2. The summed E-state index contributed by atoms with van der Waals surface area (Å²) in [4.78, 5) is 11.6. The Labute approximate surface area is 106 Å². The van der Waals surface area contributed by atoms with Gasteiger partial charge in [-0.25, -0.2) is 0 Å². The number of ketones is 1. The number of rotatable bonds is 2. The predicted octanol–water partition coefficient (Wildman–Crippen LogP) is 1.89. The van der Waals surface area contributed by atoms with E-state index in [2.05, 4.69) is 5.32 Å². The second kappa shape index (κ2) is 3.72. The largest absolute Gasteiger partial charge is 0.497 e. The summed E-state index contributed by atoms with van der Waals surface area (Å²) in [5.74, 6) is 0.496. The lowest BCUT2D eigenvalue weighted by molar-refractivity contribution is -0.126. The second-order valence-electron chi connectivity index (χ2n) is 5.20. The van der Waals surface area contributed by atoms with Gasteiger partial charge < -0.3 is 15.2 Å². The summed E-state index contributed by atoms with van der Waals surface area (Å²) in [6.45, 7) is 1.55. The summed E-state index contributed by atoms with van der Waals surface area (Å²) in [7, 11) is 1.63. The van der Waals surface area contributed by atoms with Crippen molar-refractivity contribution in [2.24, 2.45) is 5.92 Å². The molecule has 1 aliphatic heterocycles. The van der Waals surface area contributed by atoms with Crippen molar-refractivity contribution < 1.29 is 14.6 Å². The highest BCUT2D eigenvalue weighted by atomic mass is 16.5. The Balaban J connectivity index is 2.03. The van der Waals surface area contributed by atoms with E-state index in [9.17, 15) is 9.90 Å². The molecular formula is C14H17NO3. The molecule has 1 aliphatic carbocycles. The fourth-order valence-electron chi connectivity index (χ4n) is 3.38. The molecular weight excluding hydrogens is 230 g/mol. The summed E-state index contributed by atoms with van der Waals surface area (Å²) in [5, 5.41) is 13.9. The molecule has 3 atom stereocenters. The van der Waals surface area contributed by atoms with Crippen molar-refractivity contribution in [2.75, 3.05) is 12.4 Å². The van der Waals surface area contributed by atoms with Crippen molar-refractivity contribution >= 4 is 11.5 Å². The molecule has 4 heteroatoms. The van der Waals surface area contributed by atoms with Crippen molar-refractivity contribution in [3.63, 3.8) is 0 Å². The first kappa shape index (κ1) is 11.5. The molecule has 3 unspecified atom stereocenters. The molecule has 3 rings (SSSR count). The molecule has 0 saturated heterocycles. The molecule has 1 saturated carbocycles. The van der Waals surface area contributed by atoms with Gasteiger partial charge in [-0.2, -0.15) is 0 Å². The third kappa shape index (κ3) is 1.38. The lowest BCUT2D eigenvalue weighted by atomic mass is 9.89. The maximum atomic E-state index is 11.6. The fourth-order valence-corrected chi connectivity index (χ4v) is 3.38. The number of hydrogen-bond donors (Lipinski definition) is 2. The average Bonchev–Trinajstić information content (AvgIpc) is 2.79. The van der Waals surface area contributed by atoms with E-state index in [1.54, 1.807) is 14.0 Å². The number of benzene rings is 1. The molecule has 0 aromatic heterocycles. The minimum atomic E-state index is -1.11. The van der Waals surface area contributed by atoms with E-state index in [0.29, 0.717) is 0 Å². The first-order chi connectivity index (χ1) is 8.56. The van der Waals surface area contributed by atoms with E-state index in [4.69, 9.17) is 4.74 Å². The molecule has 0 spiro atoms. The summed E-state index contributed by atoms with van der Waals surface area (Å²) in [6, 6.07) is 5.72. The zero-order valence-electron chi connectivity index (χ0n) is 10.6. The summed E-state index contributed by atoms with van der Waals surface area (Å²) < 4.78 is 5.22. The lowest BCUT2D eigenvalue weighted by Crippen LogP contribution is -2.45. The van der Waals surface area contributed by atoms with Crippen LogP contribution >= 0.6 is 0 Å². The number of ether oxygens (including phenoxy) is 1. The fraction of sp³-hybridized carbons (Fsp3) is 0.500. The van der Waals surface area contributed by atoms with Gasteiger partial charge in [0.15, 0.2) is 5.72 Å². The molecule has 0 bridgehead atoms. The quantitative estimate of drug-likeness (QED) is 0.838. The normalized spacial score (nSPS) is 32.6. The maximum absolute atomic E-state index is 11.6. The van der Waals surface area contributed by atoms with Crippen molar-refractivity contribution in [3.8, 4) is 5.75 Å². The minimum Gasteiger partial charge on any atom is -0.497 e. The number of Topliss-reactive ketones (excluding diaryl/α,β-unsaturated/α-hetero) is 1. The molecule has 1 aromatic carbocycles. The molecule has 1 fully saturated rings. The van der Waals surface area contributed by atoms with Crippen molar-refractivity contribution in [1.82, 2.24) is 0 Å². The van der Waals surface area contributed by atoms with Gasteiger partial charge in [0.25, 0.3) is 0 Å². The Morgan fingerprint density at radius 1 is 1.50 bits per heavy atom. The van der Waals surface area contributed by atoms with Crippen LogP contribution in [0.3, 0.4) is 0 Å². The maximum Gasteiger partial charge on any atom is 0.152 e. The van der Waals surface area contributed by atoms with Gasteiger partial charge in [0.05, 0.1) is 13.0 Å². The molecule has 0 amide bonds. The number of hydrogen-bond acceptors (Lipinski definition) is 4. The van der Waals surface area contributed by atoms with Crippen LogP contribution in [0.5, 0.6) is 5.75 Å². The van der Waals surface area contributed by atoms with Gasteiger partial charge in [-0.3, -0.25) is 4.79 Å². The van der Waals surface area contributed by atoms with Crippen LogP contribution in [0.2, 0.25) is 0 Å². The standard InChI is InChI=1S/C14H17NO3/c1-8(16)11-4-5-12-10-7-9(18-2)3-6-13(10)15-14(11,12)17/h3,6-7,11-12,15,17H,4-5H2,1-2H3. The molecule has 1 heterocycles. The van der Waals surface area contributed by atoms with Crippen LogP contribution in [0.4, 0.5) is 5.69 Å². The first-order valence-electron chi connectivity index (χ1n) is 6.25. The van der Waals surface area contributed by atoms with Crippen LogP contribution in [0.1, 0.15) is 31.2 Å². The topological polar surface area (TPSA) is 58.6 Å². The van der Waals surface area contributed by atoms with Crippen molar-refractivity contribution in [2.45, 2.75) is 31.4 Å². The van der Waals surface area contributed by atoms with Crippen LogP contribution in [-0.4, -0.2) is 23.7 Å². The number of aliphatic hydroxyl groups is 1. The Kier molecular flexibility index (Phi) is 2.38. The van der Waals surface area contributed by atoms with Crippen LogP contribution in [0.15, 0.2) is 18.2 Å². The molecule has 96 valence electrons. The van der Waals surface area contributed by atoms with E-state index in [0.717, 1.165) is 29.8 Å². The Bertz CT molecular complexity index is 514. The van der Waals surface area contributed by atoms with E-state index in [1.807, 2.05) is 18.2 Å². The van der Waals surface area contributed by atoms with Gasteiger partial charge in [0, 0.05) is 11.6 Å². The van der Waals surface area contributed by atoms with Gasteiger partial charge in [-0.15, -0.1) is 0 Å². The second-order valence-corrected chi connectivity index (χ2v) is 5.20. The van der Waals surface area contributed by atoms with E-state index in [1.165, 1.54) is 0 Å². The summed E-state index contributed by atoms with van der Waals surface area (Å²) >= 11 is 0. The molecule has 18 heavy (non-hydrogen) atoms. The van der Waals surface area contributed by atoms with Crippen LogP contribution in [-0.2, 0) is 4.79 Å². The third-order valence-electron chi connectivity index (χ3n) is 4.27. The van der Waals surface area contributed by atoms with Gasteiger partial charge in [0.2, 0.25) is 0 Å². The molecule has 2 N–H and O–H groups in total. The summed E-state index contributed by atoms with van der Waals surface area (Å²) in [5.41, 5.74) is 0.857. The van der Waals surface area contributed by atoms with E-state index in [-0.39, 0.29) is 17.6 Å². The Morgan fingerprint density at radius 2 is 2.28 bits per heavy atom. The number of carbonyl (C=O) groups is 1. The Morgan fingerprint density at radius 3 is 2.94 bits per heavy atom. The van der Waals surface area contributed by atoms with Crippen molar-refractivity contribution in [3.05, 3.63) is 23.8 Å². The van der Waals surface area contributed by atoms with Crippen molar-refractivity contribution in [1.29, 1.82) is 0 Å². The highest BCUT2D eigenvalue weighted by Crippen LogP contribution is 2.54.